The second-order valence-corrected chi connectivity index (χ2v) is 4.81. The van der Waals surface area contributed by atoms with E-state index in [0.717, 1.165) is 0 Å². The third kappa shape index (κ3) is 3.23. The molecule has 1 fully saturated rings. The van der Waals surface area contributed by atoms with E-state index in [9.17, 15) is 9.18 Å². The highest BCUT2D eigenvalue weighted by molar-refractivity contribution is 6.33. The molecule has 1 saturated heterocycles. The van der Waals surface area contributed by atoms with Crippen molar-refractivity contribution in [2.24, 2.45) is 0 Å². The molecule has 1 atom stereocenters. The SMILES string of the molecule is CNCC1CN(C(=O)c2c(F)cccc2Cl)CCO1. The van der Waals surface area contributed by atoms with Gasteiger partial charge in [-0.2, -0.15) is 0 Å². The summed E-state index contributed by atoms with van der Waals surface area (Å²) in [6.45, 7) is 1.98. The number of nitrogens with zero attached hydrogens (tertiary/aromatic N) is 1. The Labute approximate surface area is 116 Å². The van der Waals surface area contributed by atoms with Crippen molar-refractivity contribution in [1.82, 2.24) is 10.2 Å². The summed E-state index contributed by atoms with van der Waals surface area (Å²) in [4.78, 5) is 13.9. The molecule has 1 N–H and O–H groups in total. The molecule has 0 bridgehead atoms. The Hall–Kier alpha value is -1.17. The van der Waals surface area contributed by atoms with Crippen LogP contribution in [0.5, 0.6) is 0 Å². The summed E-state index contributed by atoms with van der Waals surface area (Å²) in [7, 11) is 1.82. The van der Waals surface area contributed by atoms with Crippen molar-refractivity contribution in [1.29, 1.82) is 0 Å². The van der Waals surface area contributed by atoms with Crippen LogP contribution in [-0.2, 0) is 4.74 Å². The van der Waals surface area contributed by atoms with E-state index in [1.165, 1.54) is 18.2 Å². The Morgan fingerprint density at radius 3 is 3.11 bits per heavy atom. The summed E-state index contributed by atoms with van der Waals surface area (Å²) >= 11 is 5.91. The van der Waals surface area contributed by atoms with E-state index in [-0.39, 0.29) is 22.6 Å². The number of rotatable bonds is 3. The molecule has 2 rings (SSSR count). The standard InChI is InChI=1S/C13H16ClFN2O2/c1-16-7-9-8-17(5-6-19-9)13(18)12-10(14)3-2-4-11(12)15/h2-4,9,16H,5-8H2,1H3. The van der Waals surface area contributed by atoms with Crippen LogP contribution >= 0.6 is 11.6 Å². The predicted molar refractivity (Wildman–Crippen MR) is 71.0 cm³/mol. The molecular formula is C13H16ClFN2O2. The highest BCUT2D eigenvalue weighted by Crippen LogP contribution is 2.21. The first-order valence-electron chi connectivity index (χ1n) is 6.13. The average Bonchev–Trinajstić information content (AvgIpc) is 2.39. The van der Waals surface area contributed by atoms with Crippen LogP contribution in [0.2, 0.25) is 5.02 Å². The molecule has 0 spiro atoms. The minimum atomic E-state index is -0.589. The molecule has 1 aromatic carbocycles. The molecule has 1 heterocycles. The van der Waals surface area contributed by atoms with Crippen molar-refractivity contribution in [2.45, 2.75) is 6.10 Å². The summed E-state index contributed by atoms with van der Waals surface area (Å²) < 4.78 is 19.2. The summed E-state index contributed by atoms with van der Waals surface area (Å²) in [5.74, 6) is -0.971. The van der Waals surface area contributed by atoms with Gasteiger partial charge in [0, 0.05) is 19.6 Å². The van der Waals surface area contributed by atoms with Crippen molar-refractivity contribution >= 4 is 17.5 Å². The molecule has 1 amide bonds. The summed E-state index contributed by atoms with van der Waals surface area (Å²) in [5.41, 5.74) is -0.0609. The molecule has 1 unspecified atom stereocenters. The highest BCUT2D eigenvalue weighted by Gasteiger charge is 2.27. The lowest BCUT2D eigenvalue weighted by Crippen LogP contribution is -2.48. The van der Waals surface area contributed by atoms with Gasteiger partial charge in [-0.25, -0.2) is 4.39 Å². The van der Waals surface area contributed by atoms with E-state index in [4.69, 9.17) is 16.3 Å². The van der Waals surface area contributed by atoms with Crippen molar-refractivity contribution in [3.8, 4) is 0 Å². The van der Waals surface area contributed by atoms with E-state index in [1.54, 1.807) is 4.90 Å². The molecule has 104 valence electrons. The number of benzene rings is 1. The molecular weight excluding hydrogens is 271 g/mol. The van der Waals surface area contributed by atoms with Crippen LogP contribution < -0.4 is 5.32 Å². The number of hydrogen-bond donors (Lipinski definition) is 1. The van der Waals surface area contributed by atoms with Gasteiger partial charge in [0.25, 0.3) is 5.91 Å². The Bertz CT molecular complexity index is 448. The summed E-state index contributed by atoms with van der Waals surface area (Å²) in [5, 5.41) is 3.14. The Morgan fingerprint density at radius 2 is 2.42 bits per heavy atom. The summed E-state index contributed by atoms with van der Waals surface area (Å²) in [6, 6.07) is 4.24. The molecule has 19 heavy (non-hydrogen) atoms. The summed E-state index contributed by atoms with van der Waals surface area (Å²) in [6.07, 6.45) is -0.0757. The average molecular weight is 287 g/mol. The van der Waals surface area contributed by atoms with Gasteiger partial charge < -0.3 is 15.0 Å². The maximum absolute atomic E-state index is 13.7. The lowest BCUT2D eigenvalue weighted by molar-refractivity contribution is -0.0197. The molecule has 0 radical (unpaired) electrons. The molecule has 4 nitrogen and oxygen atoms in total. The van der Waals surface area contributed by atoms with Crippen LogP contribution in [0.25, 0.3) is 0 Å². The number of halogens is 2. The van der Waals surface area contributed by atoms with E-state index in [0.29, 0.717) is 26.2 Å². The van der Waals surface area contributed by atoms with Gasteiger partial charge in [-0.05, 0) is 19.2 Å². The number of ether oxygens (including phenoxy) is 1. The molecule has 6 heteroatoms. The number of nitrogens with one attached hydrogen (secondary N) is 1. The van der Waals surface area contributed by atoms with Gasteiger partial charge in [0.15, 0.2) is 0 Å². The fourth-order valence-electron chi connectivity index (χ4n) is 2.12. The first-order valence-corrected chi connectivity index (χ1v) is 6.50. The maximum Gasteiger partial charge on any atom is 0.258 e. The quantitative estimate of drug-likeness (QED) is 0.916. The van der Waals surface area contributed by atoms with Gasteiger partial charge in [-0.15, -0.1) is 0 Å². The van der Waals surface area contributed by atoms with E-state index >= 15 is 0 Å². The minimum absolute atomic E-state index is 0.0609. The first-order chi connectivity index (χ1) is 9.13. The lowest BCUT2D eigenvalue weighted by Gasteiger charge is -2.33. The zero-order valence-electron chi connectivity index (χ0n) is 10.7. The fourth-order valence-corrected chi connectivity index (χ4v) is 2.36. The van der Waals surface area contributed by atoms with E-state index in [2.05, 4.69) is 5.32 Å². The van der Waals surface area contributed by atoms with Crippen molar-refractivity contribution in [3.63, 3.8) is 0 Å². The molecule has 0 saturated carbocycles. The van der Waals surface area contributed by atoms with Crippen LogP contribution in [0.1, 0.15) is 10.4 Å². The number of carbonyl (C=O) groups excluding carboxylic acids is 1. The van der Waals surface area contributed by atoms with Gasteiger partial charge in [0.05, 0.1) is 23.3 Å². The van der Waals surface area contributed by atoms with Crippen molar-refractivity contribution < 1.29 is 13.9 Å². The van der Waals surface area contributed by atoms with Gasteiger partial charge in [0.2, 0.25) is 0 Å². The Morgan fingerprint density at radius 1 is 1.63 bits per heavy atom. The van der Waals surface area contributed by atoms with Crippen molar-refractivity contribution in [2.75, 3.05) is 33.3 Å². The largest absolute Gasteiger partial charge is 0.373 e. The maximum atomic E-state index is 13.7. The predicted octanol–water partition coefficient (Wildman–Crippen LogP) is 1.54. The zero-order valence-corrected chi connectivity index (χ0v) is 11.4. The van der Waals surface area contributed by atoms with Crippen LogP contribution in [0, 0.1) is 5.82 Å². The number of carbonyl (C=O) groups is 1. The molecule has 1 aliphatic heterocycles. The number of hydrogen-bond acceptors (Lipinski definition) is 3. The van der Waals surface area contributed by atoms with Gasteiger partial charge >= 0.3 is 0 Å². The van der Waals surface area contributed by atoms with E-state index < -0.39 is 5.82 Å². The fraction of sp³-hybridized carbons (Fsp3) is 0.462. The van der Waals surface area contributed by atoms with Gasteiger partial charge in [-0.3, -0.25) is 4.79 Å². The molecule has 1 aliphatic rings. The Balaban J connectivity index is 2.15. The van der Waals surface area contributed by atoms with Crippen LogP contribution in [0.15, 0.2) is 18.2 Å². The number of morpholine rings is 1. The van der Waals surface area contributed by atoms with Crippen LogP contribution in [0.3, 0.4) is 0 Å². The zero-order chi connectivity index (χ0) is 13.8. The monoisotopic (exact) mass is 286 g/mol. The topological polar surface area (TPSA) is 41.6 Å². The number of amides is 1. The first kappa shape index (κ1) is 14.2. The highest BCUT2D eigenvalue weighted by atomic mass is 35.5. The van der Waals surface area contributed by atoms with Crippen LogP contribution in [0.4, 0.5) is 4.39 Å². The second-order valence-electron chi connectivity index (χ2n) is 4.40. The second kappa shape index (κ2) is 6.32. The van der Waals surface area contributed by atoms with Crippen LogP contribution in [-0.4, -0.2) is 50.2 Å². The normalized spacial score (nSPS) is 19.5. The van der Waals surface area contributed by atoms with Crippen molar-refractivity contribution in [3.05, 3.63) is 34.6 Å². The van der Waals surface area contributed by atoms with Gasteiger partial charge in [-0.1, -0.05) is 17.7 Å². The van der Waals surface area contributed by atoms with Gasteiger partial charge in [0.1, 0.15) is 5.82 Å². The smallest absolute Gasteiger partial charge is 0.258 e. The molecule has 0 aromatic heterocycles. The third-order valence-corrected chi connectivity index (χ3v) is 3.35. The molecule has 1 aromatic rings. The lowest BCUT2D eigenvalue weighted by atomic mass is 10.1. The Kier molecular flexibility index (Phi) is 4.74. The molecule has 0 aliphatic carbocycles. The third-order valence-electron chi connectivity index (χ3n) is 3.03. The minimum Gasteiger partial charge on any atom is -0.373 e. The van der Waals surface area contributed by atoms with E-state index in [1.807, 2.05) is 7.05 Å². The number of likely N-dealkylation sites (N-methyl/N-ethyl adjacent to an activating group) is 1.